The SMILES string of the molecule is C[C@H]1C[C@H](C)CN(C(=O)[C@@H]2C3CCC(CC3)[C@@H]2C(=O)O)C1. The Kier molecular flexibility index (Phi) is 3.98. The standard InChI is InChI=1S/C17H27NO3/c1-10-7-11(2)9-18(8-10)16(19)14-12-3-5-13(6-4-12)15(14)17(20)21/h10-15H,3-9H2,1-2H3,(H,20,21)/t10-,11-,12?,13?,14+,15-/m0/s1. The zero-order valence-corrected chi connectivity index (χ0v) is 13.1. The molecule has 0 spiro atoms. The monoisotopic (exact) mass is 293 g/mol. The van der Waals surface area contributed by atoms with Crippen LogP contribution in [0, 0.1) is 35.5 Å². The van der Waals surface area contributed by atoms with Gasteiger partial charge in [-0.15, -0.1) is 0 Å². The Morgan fingerprint density at radius 1 is 0.905 bits per heavy atom. The van der Waals surface area contributed by atoms with E-state index in [1.807, 2.05) is 4.90 Å². The van der Waals surface area contributed by atoms with Crippen molar-refractivity contribution < 1.29 is 14.7 Å². The van der Waals surface area contributed by atoms with E-state index in [9.17, 15) is 14.7 Å². The fourth-order valence-electron chi connectivity index (χ4n) is 5.21. The van der Waals surface area contributed by atoms with Crippen LogP contribution in [0.2, 0.25) is 0 Å². The molecule has 4 fully saturated rings. The number of aliphatic carboxylic acids is 1. The normalized spacial score (nSPS) is 42.9. The minimum Gasteiger partial charge on any atom is -0.481 e. The smallest absolute Gasteiger partial charge is 0.307 e. The molecule has 3 saturated carbocycles. The summed E-state index contributed by atoms with van der Waals surface area (Å²) in [5.41, 5.74) is 0. The van der Waals surface area contributed by atoms with Crippen molar-refractivity contribution >= 4 is 11.9 Å². The molecule has 1 saturated heterocycles. The summed E-state index contributed by atoms with van der Waals surface area (Å²) in [5, 5.41) is 9.61. The molecular weight excluding hydrogens is 266 g/mol. The van der Waals surface area contributed by atoms with Crippen LogP contribution in [0.15, 0.2) is 0 Å². The second-order valence-electron chi connectivity index (χ2n) is 7.75. The van der Waals surface area contributed by atoms with Gasteiger partial charge in [0, 0.05) is 13.1 Å². The molecule has 4 atom stereocenters. The topological polar surface area (TPSA) is 57.6 Å². The van der Waals surface area contributed by atoms with Crippen LogP contribution < -0.4 is 0 Å². The summed E-state index contributed by atoms with van der Waals surface area (Å²) in [7, 11) is 0. The highest BCUT2D eigenvalue weighted by atomic mass is 16.4. The number of rotatable bonds is 2. The Hall–Kier alpha value is -1.06. The van der Waals surface area contributed by atoms with Gasteiger partial charge in [-0.2, -0.15) is 0 Å². The van der Waals surface area contributed by atoms with Crippen molar-refractivity contribution in [3.05, 3.63) is 0 Å². The lowest BCUT2D eigenvalue weighted by atomic mass is 9.58. The van der Waals surface area contributed by atoms with Crippen LogP contribution in [0.1, 0.15) is 46.0 Å². The van der Waals surface area contributed by atoms with Crippen molar-refractivity contribution in [1.82, 2.24) is 4.90 Å². The van der Waals surface area contributed by atoms with Gasteiger partial charge >= 0.3 is 5.97 Å². The first-order valence-corrected chi connectivity index (χ1v) is 8.49. The molecule has 0 aromatic rings. The van der Waals surface area contributed by atoms with Gasteiger partial charge in [0.1, 0.15) is 0 Å². The molecule has 21 heavy (non-hydrogen) atoms. The molecule has 0 aromatic heterocycles. The Labute approximate surface area is 126 Å². The minimum absolute atomic E-state index is 0.134. The number of nitrogens with zero attached hydrogens (tertiary/aromatic N) is 1. The molecule has 1 aliphatic heterocycles. The van der Waals surface area contributed by atoms with Crippen LogP contribution in [0.5, 0.6) is 0 Å². The molecule has 0 unspecified atom stereocenters. The first-order chi connectivity index (χ1) is 9.97. The zero-order chi connectivity index (χ0) is 15.1. The van der Waals surface area contributed by atoms with Gasteiger partial charge in [-0.3, -0.25) is 9.59 Å². The second-order valence-corrected chi connectivity index (χ2v) is 7.75. The molecular formula is C17H27NO3. The summed E-state index contributed by atoms with van der Waals surface area (Å²) in [6.07, 6.45) is 5.26. The van der Waals surface area contributed by atoms with E-state index in [1.54, 1.807) is 0 Å². The maximum Gasteiger partial charge on any atom is 0.307 e. The lowest BCUT2D eigenvalue weighted by Gasteiger charge is -2.48. The molecule has 4 heteroatoms. The number of carboxylic acid groups (broad SMARTS) is 1. The van der Waals surface area contributed by atoms with Crippen LogP contribution in [-0.4, -0.2) is 35.0 Å². The van der Waals surface area contributed by atoms with Crippen LogP contribution in [-0.2, 0) is 9.59 Å². The fourth-order valence-corrected chi connectivity index (χ4v) is 5.21. The highest BCUT2D eigenvalue weighted by Crippen LogP contribution is 2.49. The number of carbonyl (C=O) groups excluding carboxylic acids is 1. The summed E-state index contributed by atoms with van der Waals surface area (Å²) in [6.45, 7) is 6.00. The average molecular weight is 293 g/mol. The molecule has 0 aromatic carbocycles. The van der Waals surface area contributed by atoms with Crippen LogP contribution in [0.25, 0.3) is 0 Å². The van der Waals surface area contributed by atoms with Crippen molar-refractivity contribution in [2.75, 3.05) is 13.1 Å². The first kappa shape index (κ1) is 14.9. The van der Waals surface area contributed by atoms with Gasteiger partial charge in [-0.1, -0.05) is 13.8 Å². The van der Waals surface area contributed by atoms with Crippen molar-refractivity contribution in [3.63, 3.8) is 0 Å². The van der Waals surface area contributed by atoms with E-state index in [0.717, 1.165) is 38.8 Å². The van der Waals surface area contributed by atoms with Crippen molar-refractivity contribution in [1.29, 1.82) is 0 Å². The van der Waals surface area contributed by atoms with Crippen molar-refractivity contribution in [2.45, 2.75) is 46.0 Å². The number of carboxylic acids is 1. The van der Waals surface area contributed by atoms with Gasteiger partial charge < -0.3 is 10.0 Å². The van der Waals surface area contributed by atoms with Crippen LogP contribution >= 0.6 is 0 Å². The van der Waals surface area contributed by atoms with Gasteiger partial charge in [-0.05, 0) is 55.8 Å². The lowest BCUT2D eigenvalue weighted by molar-refractivity contribution is -0.163. The second kappa shape index (κ2) is 5.62. The Balaban J connectivity index is 1.80. The summed E-state index contributed by atoms with van der Waals surface area (Å²) >= 11 is 0. The molecule has 1 heterocycles. The van der Waals surface area contributed by atoms with Gasteiger partial charge in [-0.25, -0.2) is 0 Å². The quantitative estimate of drug-likeness (QED) is 0.851. The molecule has 2 bridgehead atoms. The molecule has 3 aliphatic carbocycles. The van der Waals surface area contributed by atoms with Gasteiger partial charge in [0.2, 0.25) is 5.91 Å². The number of hydrogen-bond donors (Lipinski definition) is 1. The van der Waals surface area contributed by atoms with E-state index in [2.05, 4.69) is 13.8 Å². The van der Waals surface area contributed by atoms with Crippen LogP contribution in [0.4, 0.5) is 0 Å². The number of amides is 1. The Morgan fingerprint density at radius 2 is 1.38 bits per heavy atom. The Morgan fingerprint density at radius 3 is 1.86 bits per heavy atom. The third-order valence-electron chi connectivity index (χ3n) is 5.97. The highest BCUT2D eigenvalue weighted by Gasteiger charge is 2.51. The third-order valence-corrected chi connectivity index (χ3v) is 5.97. The number of piperidine rings is 1. The predicted octanol–water partition coefficient (Wildman–Crippen LogP) is 2.63. The van der Waals surface area contributed by atoms with E-state index in [1.165, 1.54) is 6.42 Å². The lowest BCUT2D eigenvalue weighted by Crippen LogP contribution is -2.54. The molecule has 4 nitrogen and oxygen atoms in total. The molecule has 0 radical (unpaired) electrons. The van der Waals surface area contributed by atoms with Gasteiger partial charge in [0.25, 0.3) is 0 Å². The summed E-state index contributed by atoms with van der Waals surface area (Å²) in [4.78, 5) is 26.7. The third kappa shape index (κ3) is 2.69. The molecule has 118 valence electrons. The van der Waals surface area contributed by atoms with E-state index in [-0.39, 0.29) is 17.7 Å². The maximum absolute atomic E-state index is 13.0. The number of likely N-dealkylation sites (tertiary alicyclic amines) is 1. The molecule has 4 rings (SSSR count). The summed E-state index contributed by atoms with van der Waals surface area (Å²) < 4.78 is 0. The predicted molar refractivity (Wildman–Crippen MR) is 79.6 cm³/mol. The summed E-state index contributed by atoms with van der Waals surface area (Å²) in [5.74, 6) is 0.279. The maximum atomic E-state index is 13.0. The zero-order valence-electron chi connectivity index (χ0n) is 13.1. The molecule has 1 N–H and O–H groups in total. The number of hydrogen-bond acceptors (Lipinski definition) is 2. The average Bonchev–Trinajstić information content (AvgIpc) is 2.45. The van der Waals surface area contributed by atoms with E-state index >= 15 is 0 Å². The van der Waals surface area contributed by atoms with Gasteiger partial charge in [0.05, 0.1) is 11.8 Å². The molecule has 1 amide bonds. The minimum atomic E-state index is -0.749. The highest BCUT2D eigenvalue weighted by molar-refractivity contribution is 5.86. The van der Waals surface area contributed by atoms with Crippen molar-refractivity contribution in [2.24, 2.45) is 35.5 Å². The van der Waals surface area contributed by atoms with E-state index in [4.69, 9.17) is 0 Å². The first-order valence-electron chi connectivity index (χ1n) is 8.49. The number of carbonyl (C=O) groups is 2. The van der Waals surface area contributed by atoms with Crippen molar-refractivity contribution in [3.8, 4) is 0 Å². The largest absolute Gasteiger partial charge is 0.481 e. The number of fused-ring (bicyclic) bond motifs is 3. The fraction of sp³-hybridized carbons (Fsp3) is 0.882. The summed E-state index contributed by atoms with van der Waals surface area (Å²) in [6, 6.07) is 0. The van der Waals surface area contributed by atoms with Crippen LogP contribution in [0.3, 0.4) is 0 Å². The van der Waals surface area contributed by atoms with E-state index < -0.39 is 11.9 Å². The molecule has 4 aliphatic rings. The Bertz CT molecular complexity index is 418. The van der Waals surface area contributed by atoms with Gasteiger partial charge in [0.15, 0.2) is 0 Å². The van der Waals surface area contributed by atoms with E-state index in [0.29, 0.717) is 17.8 Å².